The van der Waals surface area contributed by atoms with E-state index in [1.54, 1.807) is 26.4 Å². The Morgan fingerprint density at radius 1 is 1.05 bits per heavy atom. The predicted octanol–water partition coefficient (Wildman–Crippen LogP) is 5.76. The third kappa shape index (κ3) is 4.68. The number of nitrogens with zero attached hydrogens (tertiary/aromatic N) is 3. The molecule has 1 fully saturated rings. The van der Waals surface area contributed by atoms with Crippen molar-refractivity contribution in [1.29, 1.82) is 0 Å². The van der Waals surface area contributed by atoms with Gasteiger partial charge < -0.3 is 19.5 Å². The lowest BCUT2D eigenvalue weighted by Crippen LogP contribution is -2.28. The minimum absolute atomic E-state index is 0.0571. The van der Waals surface area contributed by atoms with Crippen LogP contribution in [0, 0.1) is 5.92 Å². The number of anilines is 2. The zero-order valence-electron chi connectivity index (χ0n) is 20.9. The largest absolute Gasteiger partial charge is 0.497 e. The number of aliphatic hydroxyl groups excluding tert-OH is 1. The Balaban J connectivity index is 1.65. The third-order valence-electron chi connectivity index (χ3n) is 7.36. The average Bonchev–Trinajstić information content (AvgIpc) is 3.58. The molecule has 1 unspecified atom stereocenters. The van der Waals surface area contributed by atoms with Crippen LogP contribution in [0.1, 0.15) is 36.8 Å². The third-order valence-corrected chi connectivity index (χ3v) is 7.36. The molecule has 0 spiro atoms. The lowest BCUT2D eigenvalue weighted by atomic mass is 9.95. The highest BCUT2D eigenvalue weighted by Crippen LogP contribution is 2.46. The maximum atomic E-state index is 14.2. The van der Waals surface area contributed by atoms with E-state index in [1.165, 1.54) is 11.1 Å². The molecule has 2 aliphatic heterocycles. The summed E-state index contributed by atoms with van der Waals surface area (Å²) in [4.78, 5) is 2.01. The van der Waals surface area contributed by atoms with Gasteiger partial charge in [-0.05, 0) is 67.2 Å². The van der Waals surface area contributed by atoms with E-state index in [0.29, 0.717) is 47.2 Å². The number of halogens is 3. The van der Waals surface area contributed by atoms with Crippen LogP contribution < -0.4 is 19.4 Å². The second kappa shape index (κ2) is 9.78. The van der Waals surface area contributed by atoms with Crippen LogP contribution in [0.5, 0.6) is 11.5 Å². The van der Waals surface area contributed by atoms with Crippen molar-refractivity contribution >= 4 is 17.1 Å². The summed E-state index contributed by atoms with van der Waals surface area (Å²) in [5.74, 6) is 1.24. The monoisotopic (exact) mass is 513 g/mol. The highest BCUT2D eigenvalue weighted by atomic mass is 19.4. The van der Waals surface area contributed by atoms with Crippen molar-refractivity contribution in [2.75, 3.05) is 43.8 Å². The Morgan fingerprint density at radius 3 is 2.38 bits per heavy atom. The maximum Gasteiger partial charge on any atom is 0.418 e. The first kappa shape index (κ1) is 25.2. The van der Waals surface area contributed by atoms with Gasteiger partial charge in [-0.1, -0.05) is 6.58 Å². The molecule has 1 N–H and O–H groups in total. The molecule has 1 aliphatic carbocycles. The predicted molar refractivity (Wildman–Crippen MR) is 137 cm³/mol. The Labute approximate surface area is 214 Å². The highest BCUT2D eigenvalue weighted by molar-refractivity contribution is 6.15. The summed E-state index contributed by atoms with van der Waals surface area (Å²) in [5.41, 5.74) is 3.51. The number of ether oxygens (including phenoxy) is 2. The van der Waals surface area contributed by atoms with E-state index in [1.807, 2.05) is 17.0 Å². The Kier molecular flexibility index (Phi) is 6.66. The molecule has 1 atom stereocenters. The first-order chi connectivity index (χ1) is 17.7. The van der Waals surface area contributed by atoms with E-state index in [0.717, 1.165) is 42.9 Å². The fraction of sp³-hybridized carbons (Fsp3) is 0.393. The highest BCUT2D eigenvalue weighted by Gasteiger charge is 2.39. The molecule has 0 saturated carbocycles. The van der Waals surface area contributed by atoms with Crippen LogP contribution in [0.4, 0.5) is 24.5 Å². The molecule has 0 bridgehead atoms. The van der Waals surface area contributed by atoms with Crippen molar-refractivity contribution in [3.63, 3.8) is 0 Å². The summed E-state index contributed by atoms with van der Waals surface area (Å²) in [6, 6.07) is 9.53. The second-order valence-corrected chi connectivity index (χ2v) is 9.60. The molecular formula is C28H30F3N3O3. The van der Waals surface area contributed by atoms with Crippen LogP contribution in [-0.4, -0.2) is 44.7 Å². The molecule has 1 saturated heterocycles. The van der Waals surface area contributed by atoms with Crippen LogP contribution in [0.15, 0.2) is 64.9 Å². The molecule has 196 valence electrons. The van der Waals surface area contributed by atoms with E-state index in [2.05, 4.69) is 6.58 Å². The molecule has 0 radical (unpaired) electrons. The fourth-order valence-corrected chi connectivity index (χ4v) is 5.40. The SMILES string of the molecule is C=C1C2=C(CCC2)C(c2cc(OC)cc(OC)c2)=NN1c1cc(N2CCC(CO)C2)ccc1C(F)(F)F. The smallest absolute Gasteiger partial charge is 0.418 e. The van der Waals surface area contributed by atoms with Crippen molar-refractivity contribution < 1.29 is 27.8 Å². The Morgan fingerprint density at radius 2 is 1.76 bits per heavy atom. The summed E-state index contributed by atoms with van der Waals surface area (Å²) in [6.45, 7) is 5.50. The lowest BCUT2D eigenvalue weighted by molar-refractivity contribution is -0.137. The van der Waals surface area contributed by atoms with E-state index in [4.69, 9.17) is 14.6 Å². The minimum atomic E-state index is -4.58. The van der Waals surface area contributed by atoms with Gasteiger partial charge in [-0.15, -0.1) is 0 Å². The standard InChI is InChI=1S/C28H30F3N3O3/c1-17-23-5-4-6-24(23)27(19-11-21(36-2)14-22(12-19)37-3)32-34(17)26-13-20(7-8-25(26)28(29,30)31)33-10-9-18(15-33)16-35/h7-8,11-14,18,35H,1,4-6,9-10,15-16H2,2-3H3. The first-order valence-corrected chi connectivity index (χ1v) is 12.3. The first-order valence-electron chi connectivity index (χ1n) is 12.3. The molecule has 0 amide bonds. The van der Waals surface area contributed by atoms with Gasteiger partial charge in [0.15, 0.2) is 0 Å². The zero-order valence-corrected chi connectivity index (χ0v) is 20.9. The quantitative estimate of drug-likeness (QED) is 0.532. The molecule has 2 aromatic rings. The summed E-state index contributed by atoms with van der Waals surface area (Å²) < 4.78 is 53.6. The Hall–Kier alpha value is -3.46. The zero-order chi connectivity index (χ0) is 26.3. The number of hydrazone groups is 1. The van der Waals surface area contributed by atoms with Gasteiger partial charge in [0.25, 0.3) is 0 Å². The Bertz CT molecular complexity index is 1260. The topological polar surface area (TPSA) is 57.5 Å². The number of allylic oxidation sites excluding steroid dienone is 2. The van der Waals surface area contributed by atoms with Gasteiger partial charge in [-0.3, -0.25) is 0 Å². The van der Waals surface area contributed by atoms with Crippen LogP contribution in [0.2, 0.25) is 0 Å². The molecule has 6 nitrogen and oxygen atoms in total. The number of methoxy groups -OCH3 is 2. The fourth-order valence-electron chi connectivity index (χ4n) is 5.40. The van der Waals surface area contributed by atoms with Crippen molar-refractivity contribution in [2.45, 2.75) is 31.9 Å². The molecule has 37 heavy (non-hydrogen) atoms. The molecule has 2 aromatic carbocycles. The van der Waals surface area contributed by atoms with Crippen molar-refractivity contribution in [1.82, 2.24) is 0 Å². The summed E-state index contributed by atoms with van der Waals surface area (Å²) in [7, 11) is 3.10. The number of alkyl halides is 3. The van der Waals surface area contributed by atoms with Gasteiger partial charge in [0.1, 0.15) is 11.5 Å². The number of hydrogen-bond donors (Lipinski definition) is 1. The van der Waals surface area contributed by atoms with E-state index in [-0.39, 0.29) is 18.2 Å². The normalized spacial score (nSPS) is 19.9. The van der Waals surface area contributed by atoms with E-state index in [9.17, 15) is 18.3 Å². The van der Waals surface area contributed by atoms with Gasteiger partial charge in [0, 0.05) is 42.9 Å². The van der Waals surface area contributed by atoms with Crippen molar-refractivity contribution in [3.05, 3.63) is 70.9 Å². The number of aliphatic hydroxyl groups is 1. The molecular weight excluding hydrogens is 483 g/mol. The van der Waals surface area contributed by atoms with E-state index >= 15 is 0 Å². The van der Waals surface area contributed by atoms with Gasteiger partial charge in [0.2, 0.25) is 0 Å². The second-order valence-electron chi connectivity index (χ2n) is 9.60. The number of rotatable bonds is 6. The average molecular weight is 514 g/mol. The molecule has 9 heteroatoms. The lowest BCUT2D eigenvalue weighted by Gasteiger charge is -2.32. The maximum absolute atomic E-state index is 14.2. The molecule has 3 aliphatic rings. The van der Waals surface area contributed by atoms with Gasteiger partial charge >= 0.3 is 6.18 Å². The van der Waals surface area contributed by atoms with Crippen LogP contribution in [0.25, 0.3) is 0 Å². The summed E-state index contributed by atoms with van der Waals surface area (Å²) >= 11 is 0. The van der Waals surface area contributed by atoms with Crippen molar-refractivity contribution in [3.8, 4) is 11.5 Å². The van der Waals surface area contributed by atoms with Crippen molar-refractivity contribution in [2.24, 2.45) is 11.0 Å². The molecule has 0 aromatic heterocycles. The van der Waals surface area contributed by atoms with E-state index < -0.39 is 11.7 Å². The van der Waals surface area contributed by atoms with Gasteiger partial charge in [-0.2, -0.15) is 18.3 Å². The van der Waals surface area contributed by atoms with Gasteiger partial charge in [-0.25, -0.2) is 5.01 Å². The number of hydrogen-bond acceptors (Lipinski definition) is 6. The van der Waals surface area contributed by atoms with Crippen LogP contribution in [-0.2, 0) is 6.18 Å². The minimum Gasteiger partial charge on any atom is -0.497 e. The van der Waals surface area contributed by atoms with Crippen LogP contribution in [0.3, 0.4) is 0 Å². The number of benzene rings is 2. The molecule has 5 rings (SSSR count). The summed E-state index contributed by atoms with van der Waals surface area (Å²) in [6.07, 6.45) is -1.43. The summed E-state index contributed by atoms with van der Waals surface area (Å²) in [5, 5.41) is 15.7. The van der Waals surface area contributed by atoms with Gasteiger partial charge in [0.05, 0.1) is 36.9 Å². The van der Waals surface area contributed by atoms with Crippen LogP contribution >= 0.6 is 0 Å². The molecule has 2 heterocycles.